The van der Waals surface area contributed by atoms with Crippen LogP contribution in [-0.4, -0.2) is 31.8 Å². The first-order valence-electron chi connectivity index (χ1n) is 4.19. The van der Waals surface area contributed by atoms with Crippen LogP contribution in [0.25, 0.3) is 0 Å². The lowest BCUT2D eigenvalue weighted by molar-refractivity contribution is -0.137. The van der Waals surface area contributed by atoms with Crippen molar-refractivity contribution in [3.63, 3.8) is 0 Å². The Morgan fingerprint density at radius 1 is 0.929 bits per heavy atom. The highest BCUT2D eigenvalue weighted by Crippen LogP contribution is 2.15. The van der Waals surface area contributed by atoms with E-state index >= 15 is 0 Å². The zero-order chi connectivity index (χ0) is 11.1. The highest BCUT2D eigenvalue weighted by Gasteiger charge is 2.14. The van der Waals surface area contributed by atoms with Gasteiger partial charge in [-0.2, -0.15) is 0 Å². The molecule has 0 aromatic rings. The van der Waals surface area contributed by atoms with Gasteiger partial charge in [-0.05, 0) is 12.8 Å². The van der Waals surface area contributed by atoms with Crippen molar-refractivity contribution in [2.24, 2.45) is 0 Å². The Bertz CT molecular complexity index is 186. The molecule has 82 valence electrons. The summed E-state index contributed by atoms with van der Waals surface area (Å²) in [5.74, 6) is -1.75. The predicted octanol–water partition coefficient (Wildman–Crippen LogP) is 2.24. The highest BCUT2D eigenvalue weighted by molar-refractivity contribution is 9.10. The molecule has 2 N–H and O–H groups in total. The Hall–Kier alpha value is -0.100. The fourth-order valence-corrected chi connectivity index (χ4v) is 1.54. The van der Waals surface area contributed by atoms with Crippen molar-refractivity contribution < 1.29 is 19.8 Å². The summed E-state index contributed by atoms with van der Waals surface area (Å²) in [6, 6.07) is 0. The van der Waals surface area contributed by atoms with E-state index in [9.17, 15) is 9.59 Å². The van der Waals surface area contributed by atoms with Gasteiger partial charge in [0, 0.05) is 0 Å². The molecule has 0 saturated carbocycles. The lowest BCUT2D eigenvalue weighted by atomic mass is 10.1. The van der Waals surface area contributed by atoms with Crippen LogP contribution in [0.2, 0.25) is 0 Å². The lowest BCUT2D eigenvalue weighted by Crippen LogP contribution is -2.14. The number of hydrogen-bond donors (Lipinski definition) is 2. The molecule has 0 amide bonds. The van der Waals surface area contributed by atoms with Gasteiger partial charge in [-0.25, -0.2) is 0 Å². The molecule has 0 radical (unpaired) electrons. The predicted molar refractivity (Wildman–Crippen MR) is 59.2 cm³/mol. The van der Waals surface area contributed by atoms with Crippen molar-refractivity contribution in [3.05, 3.63) is 0 Å². The molecule has 14 heavy (non-hydrogen) atoms. The van der Waals surface area contributed by atoms with Gasteiger partial charge in [0.25, 0.3) is 0 Å². The number of carboxylic acids is 2. The van der Waals surface area contributed by atoms with Gasteiger partial charge >= 0.3 is 11.9 Å². The van der Waals surface area contributed by atoms with Gasteiger partial charge < -0.3 is 10.2 Å². The normalized spacial score (nSPS) is 14.7. The van der Waals surface area contributed by atoms with Crippen LogP contribution in [-0.2, 0) is 9.59 Å². The summed E-state index contributed by atoms with van der Waals surface area (Å²) in [7, 11) is 0. The Morgan fingerprint density at radius 2 is 1.21 bits per heavy atom. The molecular weight excluding hydrogens is 320 g/mol. The topological polar surface area (TPSA) is 74.6 Å². The average molecular weight is 332 g/mol. The van der Waals surface area contributed by atoms with Gasteiger partial charge in [0.1, 0.15) is 9.65 Å². The maximum absolute atomic E-state index is 10.4. The average Bonchev–Trinajstić information content (AvgIpc) is 2.11. The smallest absolute Gasteiger partial charge is 0.317 e. The fourth-order valence-electron chi connectivity index (χ4n) is 0.894. The molecule has 0 aliphatic rings. The molecule has 0 aliphatic carbocycles. The van der Waals surface area contributed by atoms with Crippen molar-refractivity contribution in [1.29, 1.82) is 0 Å². The highest BCUT2D eigenvalue weighted by atomic mass is 79.9. The number of carboxylic acid groups (broad SMARTS) is 2. The third kappa shape index (κ3) is 6.37. The van der Waals surface area contributed by atoms with Crippen LogP contribution in [0, 0.1) is 0 Å². The number of rotatable bonds is 7. The van der Waals surface area contributed by atoms with Crippen molar-refractivity contribution in [2.45, 2.75) is 35.3 Å². The number of alkyl halides is 2. The minimum Gasteiger partial charge on any atom is -0.480 e. The van der Waals surface area contributed by atoms with Crippen LogP contribution in [0.4, 0.5) is 0 Å². The first-order valence-corrected chi connectivity index (χ1v) is 6.02. The second kappa shape index (κ2) is 7.23. The third-order valence-electron chi connectivity index (χ3n) is 1.70. The van der Waals surface area contributed by atoms with Crippen LogP contribution < -0.4 is 0 Å². The molecule has 0 aromatic heterocycles. The molecular formula is C8H12Br2O4. The summed E-state index contributed by atoms with van der Waals surface area (Å²) in [6.07, 6.45) is 2.46. The van der Waals surface area contributed by atoms with E-state index in [0.717, 1.165) is 0 Å². The number of carbonyl (C=O) groups is 2. The monoisotopic (exact) mass is 330 g/mol. The van der Waals surface area contributed by atoms with Crippen LogP contribution >= 0.6 is 31.9 Å². The number of hydrogen-bond acceptors (Lipinski definition) is 2. The van der Waals surface area contributed by atoms with E-state index in [1.807, 2.05) is 0 Å². The quantitative estimate of drug-likeness (QED) is 0.554. The summed E-state index contributed by atoms with van der Waals surface area (Å²) in [4.78, 5) is 19.7. The van der Waals surface area contributed by atoms with Crippen molar-refractivity contribution in [1.82, 2.24) is 0 Å². The molecule has 0 unspecified atom stereocenters. The second-order valence-electron chi connectivity index (χ2n) is 2.90. The molecule has 0 bridgehead atoms. The minimum absolute atomic E-state index is 0.522. The Kier molecular flexibility index (Phi) is 7.17. The molecule has 0 fully saturated rings. The summed E-state index contributed by atoms with van der Waals surface area (Å²) >= 11 is 6.02. The number of unbranched alkanes of at least 4 members (excludes halogenated alkanes) is 1. The molecule has 0 spiro atoms. The molecule has 2 atom stereocenters. The van der Waals surface area contributed by atoms with Crippen LogP contribution in [0.15, 0.2) is 0 Å². The molecule has 0 rings (SSSR count). The van der Waals surface area contributed by atoms with E-state index in [1.54, 1.807) is 0 Å². The third-order valence-corrected chi connectivity index (χ3v) is 3.40. The van der Waals surface area contributed by atoms with Gasteiger partial charge in [0.05, 0.1) is 0 Å². The van der Waals surface area contributed by atoms with E-state index < -0.39 is 21.6 Å². The van der Waals surface area contributed by atoms with E-state index in [1.165, 1.54) is 0 Å². The summed E-state index contributed by atoms with van der Waals surface area (Å²) in [5.41, 5.74) is 0. The van der Waals surface area contributed by atoms with E-state index in [0.29, 0.717) is 25.7 Å². The maximum Gasteiger partial charge on any atom is 0.317 e. The van der Waals surface area contributed by atoms with E-state index in [4.69, 9.17) is 10.2 Å². The van der Waals surface area contributed by atoms with Crippen molar-refractivity contribution >= 4 is 43.8 Å². The summed E-state index contributed by atoms with van der Waals surface area (Å²) < 4.78 is 0. The maximum atomic E-state index is 10.4. The van der Waals surface area contributed by atoms with Crippen LogP contribution in [0.5, 0.6) is 0 Å². The van der Waals surface area contributed by atoms with Crippen molar-refractivity contribution in [3.8, 4) is 0 Å². The Labute approximate surface area is 98.9 Å². The van der Waals surface area contributed by atoms with Gasteiger partial charge in [-0.1, -0.05) is 44.7 Å². The Balaban J connectivity index is 3.47. The van der Waals surface area contributed by atoms with Gasteiger partial charge in [0.15, 0.2) is 0 Å². The van der Waals surface area contributed by atoms with E-state index in [-0.39, 0.29) is 0 Å². The first kappa shape index (κ1) is 13.9. The van der Waals surface area contributed by atoms with Crippen LogP contribution in [0.3, 0.4) is 0 Å². The van der Waals surface area contributed by atoms with Gasteiger partial charge in [0.2, 0.25) is 0 Å². The minimum atomic E-state index is -0.876. The number of halogens is 2. The van der Waals surface area contributed by atoms with Gasteiger partial charge in [-0.3, -0.25) is 9.59 Å². The lowest BCUT2D eigenvalue weighted by Gasteiger charge is -2.05. The molecule has 4 nitrogen and oxygen atoms in total. The molecule has 0 saturated heterocycles. The standard InChI is InChI=1S/C8H12Br2O4/c9-5(7(11)12)3-1-2-4-6(10)8(13)14/h5-6H,1-4H2,(H,11,12)(H,13,14)/t5-,6-/m0/s1. The fraction of sp³-hybridized carbons (Fsp3) is 0.750. The molecule has 0 aromatic carbocycles. The largest absolute Gasteiger partial charge is 0.480 e. The SMILES string of the molecule is O=C(O)[C@@H](Br)CCCC[C@H](Br)C(=O)O. The summed E-state index contributed by atoms with van der Waals surface area (Å²) in [5, 5.41) is 17.1. The Morgan fingerprint density at radius 3 is 1.43 bits per heavy atom. The van der Waals surface area contributed by atoms with E-state index in [2.05, 4.69) is 31.9 Å². The van der Waals surface area contributed by atoms with Crippen molar-refractivity contribution in [2.75, 3.05) is 0 Å². The summed E-state index contributed by atoms with van der Waals surface area (Å²) in [6.45, 7) is 0. The molecule has 0 heterocycles. The second-order valence-corrected chi connectivity index (χ2v) is 5.11. The zero-order valence-corrected chi connectivity index (χ0v) is 10.6. The molecule has 0 aliphatic heterocycles. The number of aliphatic carboxylic acids is 2. The van der Waals surface area contributed by atoms with Crippen LogP contribution in [0.1, 0.15) is 25.7 Å². The molecule has 6 heteroatoms. The zero-order valence-electron chi connectivity index (χ0n) is 7.45. The van der Waals surface area contributed by atoms with Gasteiger partial charge in [-0.15, -0.1) is 0 Å². The first-order chi connectivity index (χ1) is 6.45.